The number of hydrogen-bond donors (Lipinski definition) is 2. The molecule has 0 heterocycles. The van der Waals surface area contributed by atoms with Crippen LogP contribution in [0.4, 0.5) is 0 Å². The lowest BCUT2D eigenvalue weighted by Crippen LogP contribution is -2.13. The molecule has 2 nitrogen and oxygen atoms in total. The van der Waals surface area contributed by atoms with Gasteiger partial charge in [0.05, 0.1) is 5.92 Å². The number of rotatable bonds is 4. The van der Waals surface area contributed by atoms with Crippen molar-refractivity contribution in [1.29, 1.82) is 0 Å². The van der Waals surface area contributed by atoms with Gasteiger partial charge in [-0.2, -0.15) is 12.6 Å². The monoisotopic (exact) mass is 146 g/mol. The van der Waals surface area contributed by atoms with Crippen molar-refractivity contribution in [3.63, 3.8) is 0 Å². The van der Waals surface area contributed by atoms with Gasteiger partial charge in [-0.25, -0.2) is 0 Å². The Morgan fingerprint density at radius 3 is 2.56 bits per heavy atom. The van der Waals surface area contributed by atoms with Crippen LogP contribution in [-0.2, 0) is 4.79 Å². The lowest BCUT2D eigenvalue weighted by molar-refractivity contribution is -0.140. The van der Waals surface area contributed by atoms with Gasteiger partial charge in [0.2, 0.25) is 0 Å². The van der Waals surface area contributed by atoms with Crippen LogP contribution >= 0.6 is 12.6 Å². The maximum Gasteiger partial charge on any atom is 0.307 e. The Morgan fingerprint density at radius 1 is 1.89 bits per heavy atom. The third-order valence-electron chi connectivity index (χ3n) is 1.02. The van der Waals surface area contributed by atoms with Gasteiger partial charge >= 0.3 is 5.97 Å². The predicted octanol–water partition coefficient (Wildman–Crippen LogP) is 1.19. The SMILES string of the molecule is C=CC[C@H](CS)C(=O)O. The Bertz CT molecular complexity index is 112. The number of allylic oxidation sites excluding steroid dienone is 1. The molecule has 0 aliphatic heterocycles. The minimum absolute atomic E-state index is 0.370. The molecule has 0 aromatic rings. The Balaban J connectivity index is 3.67. The first kappa shape index (κ1) is 8.56. The lowest BCUT2D eigenvalue weighted by atomic mass is 10.1. The fourth-order valence-electron chi connectivity index (χ4n) is 0.455. The summed E-state index contributed by atoms with van der Waals surface area (Å²) in [6, 6.07) is 0. The first-order valence-corrected chi connectivity index (χ1v) is 3.30. The highest BCUT2D eigenvalue weighted by molar-refractivity contribution is 7.80. The van der Waals surface area contributed by atoms with Gasteiger partial charge in [-0.3, -0.25) is 4.79 Å². The van der Waals surface area contributed by atoms with Gasteiger partial charge in [-0.15, -0.1) is 6.58 Å². The van der Waals surface area contributed by atoms with Crippen molar-refractivity contribution in [3.8, 4) is 0 Å². The van der Waals surface area contributed by atoms with Crippen LogP contribution in [0.3, 0.4) is 0 Å². The number of carboxylic acid groups (broad SMARTS) is 1. The van der Waals surface area contributed by atoms with Crippen LogP contribution in [0.5, 0.6) is 0 Å². The number of carboxylic acids is 1. The molecule has 0 spiro atoms. The molecule has 0 aliphatic rings. The molecular weight excluding hydrogens is 136 g/mol. The molecule has 0 saturated carbocycles. The van der Waals surface area contributed by atoms with E-state index in [0.29, 0.717) is 12.2 Å². The van der Waals surface area contributed by atoms with E-state index in [1.807, 2.05) is 0 Å². The van der Waals surface area contributed by atoms with Gasteiger partial charge in [-0.05, 0) is 6.42 Å². The second-order valence-electron chi connectivity index (χ2n) is 1.74. The molecule has 3 heteroatoms. The number of aliphatic carboxylic acids is 1. The molecule has 0 fully saturated rings. The highest BCUT2D eigenvalue weighted by Gasteiger charge is 2.11. The Labute approximate surface area is 60.0 Å². The Kier molecular flexibility index (Phi) is 4.22. The lowest BCUT2D eigenvalue weighted by Gasteiger charge is -2.02. The Morgan fingerprint density at radius 2 is 2.44 bits per heavy atom. The van der Waals surface area contributed by atoms with Crippen molar-refractivity contribution in [1.82, 2.24) is 0 Å². The van der Waals surface area contributed by atoms with Gasteiger partial charge in [0.25, 0.3) is 0 Å². The van der Waals surface area contributed by atoms with Crippen LogP contribution < -0.4 is 0 Å². The fourth-order valence-corrected chi connectivity index (χ4v) is 0.760. The van der Waals surface area contributed by atoms with Crippen LogP contribution in [-0.4, -0.2) is 16.8 Å². The van der Waals surface area contributed by atoms with Gasteiger partial charge in [0.1, 0.15) is 0 Å². The van der Waals surface area contributed by atoms with Crippen molar-refractivity contribution in [2.45, 2.75) is 6.42 Å². The van der Waals surface area contributed by atoms with Gasteiger partial charge in [-0.1, -0.05) is 6.08 Å². The summed E-state index contributed by atoms with van der Waals surface area (Å²) in [4.78, 5) is 10.2. The third-order valence-corrected chi connectivity index (χ3v) is 1.46. The molecule has 0 rings (SSSR count). The fraction of sp³-hybridized carbons (Fsp3) is 0.500. The van der Waals surface area contributed by atoms with Crippen molar-refractivity contribution in [2.75, 3.05) is 5.75 Å². The average Bonchev–Trinajstić information content (AvgIpc) is 1.82. The number of carbonyl (C=O) groups is 1. The molecule has 1 N–H and O–H groups in total. The minimum Gasteiger partial charge on any atom is -0.481 e. The summed E-state index contributed by atoms with van der Waals surface area (Å²) in [6.07, 6.45) is 2.09. The molecule has 0 amide bonds. The second-order valence-corrected chi connectivity index (χ2v) is 2.11. The van der Waals surface area contributed by atoms with Crippen LogP contribution in [0.2, 0.25) is 0 Å². The van der Waals surface area contributed by atoms with Gasteiger partial charge in [0, 0.05) is 5.75 Å². The van der Waals surface area contributed by atoms with Crippen molar-refractivity contribution in [3.05, 3.63) is 12.7 Å². The van der Waals surface area contributed by atoms with E-state index in [0.717, 1.165) is 0 Å². The molecule has 0 radical (unpaired) electrons. The predicted molar refractivity (Wildman–Crippen MR) is 39.8 cm³/mol. The molecule has 0 bridgehead atoms. The van der Waals surface area contributed by atoms with Crippen molar-refractivity contribution in [2.24, 2.45) is 5.92 Å². The summed E-state index contributed by atoms with van der Waals surface area (Å²) >= 11 is 3.86. The number of hydrogen-bond acceptors (Lipinski definition) is 2. The Hall–Kier alpha value is -0.440. The van der Waals surface area contributed by atoms with Crippen molar-refractivity contribution < 1.29 is 9.90 Å². The standard InChI is InChI=1S/C6H10O2S/c1-2-3-5(4-9)6(7)8/h2,5,9H,1,3-4H2,(H,7,8)/t5-/m1/s1. The van der Waals surface area contributed by atoms with Gasteiger partial charge in [0.15, 0.2) is 0 Å². The molecule has 9 heavy (non-hydrogen) atoms. The minimum atomic E-state index is -0.801. The zero-order chi connectivity index (χ0) is 7.28. The largest absolute Gasteiger partial charge is 0.481 e. The summed E-state index contributed by atoms with van der Waals surface area (Å²) < 4.78 is 0. The van der Waals surface area contributed by atoms with E-state index >= 15 is 0 Å². The van der Waals surface area contributed by atoms with E-state index in [2.05, 4.69) is 19.2 Å². The summed E-state index contributed by atoms with van der Waals surface area (Å²) in [6.45, 7) is 3.43. The van der Waals surface area contributed by atoms with E-state index in [1.54, 1.807) is 6.08 Å². The topological polar surface area (TPSA) is 37.3 Å². The molecule has 0 unspecified atom stereocenters. The number of thiol groups is 1. The van der Waals surface area contributed by atoms with E-state index in [1.165, 1.54) is 0 Å². The highest BCUT2D eigenvalue weighted by atomic mass is 32.1. The molecule has 52 valence electrons. The summed E-state index contributed by atoms with van der Waals surface area (Å²) in [5.74, 6) is -0.794. The normalized spacial score (nSPS) is 12.6. The average molecular weight is 146 g/mol. The second kappa shape index (κ2) is 4.44. The van der Waals surface area contributed by atoms with E-state index in [-0.39, 0.29) is 5.92 Å². The highest BCUT2D eigenvalue weighted by Crippen LogP contribution is 2.04. The zero-order valence-corrected chi connectivity index (χ0v) is 5.97. The molecule has 0 aliphatic carbocycles. The van der Waals surface area contributed by atoms with E-state index in [4.69, 9.17) is 5.11 Å². The summed E-state index contributed by atoms with van der Waals surface area (Å²) in [5, 5.41) is 8.41. The first-order valence-electron chi connectivity index (χ1n) is 2.67. The van der Waals surface area contributed by atoms with Crippen LogP contribution in [0.15, 0.2) is 12.7 Å². The quantitative estimate of drug-likeness (QED) is 0.462. The van der Waals surface area contributed by atoms with E-state index in [9.17, 15) is 4.79 Å². The first-order chi connectivity index (χ1) is 4.22. The summed E-state index contributed by atoms with van der Waals surface area (Å²) in [7, 11) is 0. The van der Waals surface area contributed by atoms with E-state index < -0.39 is 5.97 Å². The summed E-state index contributed by atoms with van der Waals surface area (Å²) in [5.41, 5.74) is 0. The van der Waals surface area contributed by atoms with Crippen LogP contribution in [0.1, 0.15) is 6.42 Å². The van der Waals surface area contributed by atoms with Crippen molar-refractivity contribution >= 4 is 18.6 Å². The zero-order valence-electron chi connectivity index (χ0n) is 5.08. The molecular formula is C6H10O2S. The molecule has 0 aromatic carbocycles. The molecule has 1 atom stereocenters. The maximum absolute atomic E-state index is 10.2. The van der Waals surface area contributed by atoms with Crippen LogP contribution in [0.25, 0.3) is 0 Å². The van der Waals surface area contributed by atoms with Crippen LogP contribution in [0, 0.1) is 5.92 Å². The third kappa shape index (κ3) is 3.19. The molecule has 0 aromatic heterocycles. The molecule has 0 saturated heterocycles. The maximum atomic E-state index is 10.2. The smallest absolute Gasteiger partial charge is 0.307 e. The van der Waals surface area contributed by atoms with Gasteiger partial charge < -0.3 is 5.11 Å².